The van der Waals surface area contributed by atoms with Crippen molar-refractivity contribution in [3.8, 4) is 11.4 Å². The number of amides is 1. The molecule has 0 bridgehead atoms. The molecule has 0 radical (unpaired) electrons. The summed E-state index contributed by atoms with van der Waals surface area (Å²) in [5.74, 6) is 1.55. The molecular formula is C21H22N4O. The summed E-state index contributed by atoms with van der Waals surface area (Å²) in [6, 6.07) is 11.8. The number of rotatable bonds is 4. The van der Waals surface area contributed by atoms with E-state index in [1.165, 1.54) is 0 Å². The highest BCUT2D eigenvalue weighted by Crippen LogP contribution is 2.25. The average molecular weight is 346 g/mol. The van der Waals surface area contributed by atoms with E-state index in [9.17, 15) is 4.79 Å². The molecule has 2 aromatic heterocycles. The molecule has 0 aliphatic carbocycles. The minimum atomic E-state index is 0.127. The highest BCUT2D eigenvalue weighted by atomic mass is 16.2. The van der Waals surface area contributed by atoms with Gasteiger partial charge in [-0.25, -0.2) is 4.98 Å². The Morgan fingerprint density at radius 2 is 1.92 bits per heavy atom. The maximum Gasteiger partial charge on any atom is 0.253 e. The topological polar surface area (TPSA) is 51.0 Å². The normalized spacial score (nSPS) is 14.3. The van der Waals surface area contributed by atoms with Crippen molar-refractivity contribution in [2.45, 2.75) is 20.4 Å². The molecule has 132 valence electrons. The van der Waals surface area contributed by atoms with E-state index in [0.717, 1.165) is 47.8 Å². The Hall–Kier alpha value is -2.95. The molecule has 1 saturated heterocycles. The Morgan fingerprint density at radius 1 is 1.15 bits per heavy atom. The van der Waals surface area contributed by atoms with Crippen LogP contribution in [0.5, 0.6) is 0 Å². The third-order valence-electron chi connectivity index (χ3n) is 4.94. The first-order valence-electron chi connectivity index (χ1n) is 8.90. The average Bonchev–Trinajstić information content (AvgIpc) is 2.98. The summed E-state index contributed by atoms with van der Waals surface area (Å²) in [4.78, 5) is 23.2. The number of aryl methyl sites for hydroxylation is 2. The van der Waals surface area contributed by atoms with Gasteiger partial charge in [0, 0.05) is 61.0 Å². The molecular weight excluding hydrogens is 324 g/mol. The Morgan fingerprint density at radius 3 is 2.65 bits per heavy atom. The largest absolute Gasteiger partial charge is 0.338 e. The van der Waals surface area contributed by atoms with Crippen molar-refractivity contribution in [1.29, 1.82) is 0 Å². The predicted octanol–water partition coefficient (Wildman–Crippen LogP) is 3.33. The molecule has 0 atom stereocenters. The standard InChI is InChI=1S/C21H22N4O/c1-15-4-3-5-19(10-15)21(26)24-12-17(13-24)14-25-16(2)11-23-20(25)18-6-8-22-9-7-18/h3-11,17H,12-14H2,1-2H3. The maximum atomic E-state index is 12.6. The molecule has 3 heterocycles. The first kappa shape index (κ1) is 16.5. The molecule has 1 aromatic carbocycles. The highest BCUT2D eigenvalue weighted by Gasteiger charge is 2.32. The van der Waals surface area contributed by atoms with Gasteiger partial charge in [-0.3, -0.25) is 9.78 Å². The second-order valence-corrected chi connectivity index (χ2v) is 7.02. The van der Waals surface area contributed by atoms with Crippen molar-refractivity contribution < 1.29 is 4.79 Å². The second-order valence-electron chi connectivity index (χ2n) is 7.02. The van der Waals surface area contributed by atoms with Gasteiger partial charge in [0.05, 0.1) is 0 Å². The minimum absolute atomic E-state index is 0.127. The summed E-state index contributed by atoms with van der Waals surface area (Å²) in [6.07, 6.45) is 5.48. The zero-order chi connectivity index (χ0) is 18.1. The Kier molecular flexibility index (Phi) is 4.29. The summed E-state index contributed by atoms with van der Waals surface area (Å²) >= 11 is 0. The van der Waals surface area contributed by atoms with Gasteiger partial charge in [-0.1, -0.05) is 17.7 Å². The molecule has 1 aliphatic heterocycles. The number of benzene rings is 1. The van der Waals surface area contributed by atoms with Crippen LogP contribution in [0.3, 0.4) is 0 Å². The second kappa shape index (κ2) is 6.75. The van der Waals surface area contributed by atoms with Crippen molar-refractivity contribution in [1.82, 2.24) is 19.4 Å². The number of imidazole rings is 1. The minimum Gasteiger partial charge on any atom is -0.338 e. The summed E-state index contributed by atoms with van der Waals surface area (Å²) in [5.41, 5.74) is 4.10. The van der Waals surface area contributed by atoms with Crippen LogP contribution in [-0.2, 0) is 6.54 Å². The monoisotopic (exact) mass is 346 g/mol. The van der Waals surface area contributed by atoms with Gasteiger partial charge in [0.25, 0.3) is 5.91 Å². The van der Waals surface area contributed by atoms with Gasteiger partial charge < -0.3 is 9.47 Å². The third-order valence-corrected chi connectivity index (χ3v) is 4.94. The van der Waals surface area contributed by atoms with Gasteiger partial charge in [-0.05, 0) is 38.1 Å². The van der Waals surface area contributed by atoms with Crippen LogP contribution in [0.2, 0.25) is 0 Å². The molecule has 0 spiro atoms. The molecule has 0 unspecified atom stereocenters. The number of aromatic nitrogens is 3. The van der Waals surface area contributed by atoms with Crippen molar-refractivity contribution >= 4 is 5.91 Å². The molecule has 5 heteroatoms. The number of nitrogens with zero attached hydrogens (tertiary/aromatic N) is 4. The van der Waals surface area contributed by atoms with Gasteiger partial charge in [-0.15, -0.1) is 0 Å². The summed E-state index contributed by atoms with van der Waals surface area (Å²) < 4.78 is 2.24. The molecule has 1 fully saturated rings. The summed E-state index contributed by atoms with van der Waals surface area (Å²) in [6.45, 7) is 6.55. The van der Waals surface area contributed by atoms with Crippen LogP contribution >= 0.6 is 0 Å². The number of pyridine rings is 1. The SMILES string of the molecule is Cc1cccc(C(=O)N2CC(Cn3c(C)cnc3-c3ccncc3)C2)c1. The van der Waals surface area contributed by atoms with Crippen LogP contribution in [0.4, 0.5) is 0 Å². The van der Waals surface area contributed by atoms with Crippen LogP contribution in [0, 0.1) is 19.8 Å². The zero-order valence-electron chi connectivity index (χ0n) is 15.1. The summed E-state index contributed by atoms with van der Waals surface area (Å²) in [7, 11) is 0. The Labute approximate surface area is 153 Å². The van der Waals surface area contributed by atoms with Gasteiger partial charge in [0.1, 0.15) is 5.82 Å². The maximum absolute atomic E-state index is 12.6. The third kappa shape index (κ3) is 3.12. The number of carbonyl (C=O) groups excluding carboxylic acids is 1. The first-order chi connectivity index (χ1) is 12.6. The zero-order valence-corrected chi connectivity index (χ0v) is 15.1. The molecule has 1 aliphatic rings. The Bertz CT molecular complexity index is 926. The number of hydrogen-bond acceptors (Lipinski definition) is 3. The lowest BCUT2D eigenvalue weighted by Gasteiger charge is -2.40. The quantitative estimate of drug-likeness (QED) is 0.728. The lowest BCUT2D eigenvalue weighted by Crippen LogP contribution is -2.51. The van der Waals surface area contributed by atoms with Gasteiger partial charge in [0.2, 0.25) is 0 Å². The fourth-order valence-electron chi connectivity index (χ4n) is 3.49. The van der Waals surface area contributed by atoms with E-state index >= 15 is 0 Å². The molecule has 1 amide bonds. The van der Waals surface area contributed by atoms with Crippen LogP contribution in [0.1, 0.15) is 21.6 Å². The smallest absolute Gasteiger partial charge is 0.253 e. The van der Waals surface area contributed by atoms with E-state index in [2.05, 4.69) is 21.5 Å². The van der Waals surface area contributed by atoms with E-state index in [-0.39, 0.29) is 5.91 Å². The first-order valence-corrected chi connectivity index (χ1v) is 8.90. The van der Waals surface area contributed by atoms with Crippen LogP contribution in [0.25, 0.3) is 11.4 Å². The van der Waals surface area contributed by atoms with Gasteiger partial charge in [-0.2, -0.15) is 0 Å². The lowest BCUT2D eigenvalue weighted by molar-refractivity contribution is 0.0468. The van der Waals surface area contributed by atoms with E-state index in [0.29, 0.717) is 5.92 Å². The van der Waals surface area contributed by atoms with Crippen LogP contribution in [0.15, 0.2) is 55.0 Å². The Balaban J connectivity index is 1.44. The van der Waals surface area contributed by atoms with Crippen molar-refractivity contribution in [2.24, 2.45) is 5.92 Å². The lowest BCUT2D eigenvalue weighted by atomic mass is 9.98. The highest BCUT2D eigenvalue weighted by molar-refractivity contribution is 5.94. The number of likely N-dealkylation sites (tertiary alicyclic amines) is 1. The van der Waals surface area contributed by atoms with E-state index in [4.69, 9.17) is 0 Å². The molecule has 26 heavy (non-hydrogen) atoms. The predicted molar refractivity (Wildman–Crippen MR) is 101 cm³/mol. The fourth-order valence-corrected chi connectivity index (χ4v) is 3.49. The number of carbonyl (C=O) groups is 1. The van der Waals surface area contributed by atoms with Crippen LogP contribution < -0.4 is 0 Å². The fraction of sp³-hybridized carbons (Fsp3) is 0.286. The van der Waals surface area contributed by atoms with Crippen LogP contribution in [-0.4, -0.2) is 38.4 Å². The van der Waals surface area contributed by atoms with Crippen molar-refractivity contribution in [3.05, 3.63) is 71.8 Å². The molecule has 0 N–H and O–H groups in total. The van der Waals surface area contributed by atoms with Crippen molar-refractivity contribution in [2.75, 3.05) is 13.1 Å². The number of hydrogen-bond donors (Lipinski definition) is 0. The molecule has 5 nitrogen and oxygen atoms in total. The van der Waals surface area contributed by atoms with E-state index in [1.807, 2.05) is 54.4 Å². The van der Waals surface area contributed by atoms with Crippen molar-refractivity contribution in [3.63, 3.8) is 0 Å². The van der Waals surface area contributed by atoms with E-state index < -0.39 is 0 Å². The molecule has 3 aromatic rings. The van der Waals surface area contributed by atoms with Gasteiger partial charge >= 0.3 is 0 Å². The molecule has 0 saturated carbocycles. The molecule has 4 rings (SSSR count). The summed E-state index contributed by atoms with van der Waals surface area (Å²) in [5, 5.41) is 0. The van der Waals surface area contributed by atoms with E-state index in [1.54, 1.807) is 12.4 Å². The van der Waals surface area contributed by atoms with Gasteiger partial charge in [0.15, 0.2) is 0 Å².